The van der Waals surface area contributed by atoms with Crippen molar-refractivity contribution in [1.29, 1.82) is 0 Å². The van der Waals surface area contributed by atoms with Crippen LogP contribution in [0, 0.1) is 6.92 Å². The third-order valence-electron chi connectivity index (χ3n) is 12.7. The van der Waals surface area contributed by atoms with Gasteiger partial charge in [-0.15, -0.1) is 0 Å². The molecular formula is C61H42N2O. The van der Waals surface area contributed by atoms with Gasteiger partial charge < -0.3 is 13.9 Å². The maximum absolute atomic E-state index is 6.99. The van der Waals surface area contributed by atoms with Gasteiger partial charge in [-0.2, -0.15) is 0 Å². The van der Waals surface area contributed by atoms with E-state index in [2.05, 4.69) is 253 Å². The Kier molecular flexibility index (Phi) is 9.05. The van der Waals surface area contributed by atoms with E-state index < -0.39 is 0 Å². The van der Waals surface area contributed by atoms with Crippen molar-refractivity contribution >= 4 is 60.8 Å². The highest BCUT2D eigenvalue weighted by molar-refractivity contribution is 6.18. The van der Waals surface area contributed by atoms with Crippen LogP contribution in [0.1, 0.15) is 5.56 Å². The van der Waals surface area contributed by atoms with Crippen LogP contribution in [-0.4, -0.2) is 4.57 Å². The Balaban J connectivity index is 1.08. The van der Waals surface area contributed by atoms with E-state index in [9.17, 15) is 0 Å². The van der Waals surface area contributed by atoms with E-state index in [1.165, 1.54) is 38.5 Å². The molecule has 10 aromatic carbocycles. The summed E-state index contributed by atoms with van der Waals surface area (Å²) in [5.41, 5.74) is 18.7. The van der Waals surface area contributed by atoms with Crippen LogP contribution in [-0.2, 0) is 0 Å². The molecule has 2 heterocycles. The third kappa shape index (κ3) is 6.29. The molecule has 0 aliphatic carbocycles. The zero-order valence-electron chi connectivity index (χ0n) is 35.3. The number of aryl methyl sites for hydroxylation is 1. The Morgan fingerprint density at radius 2 is 0.844 bits per heavy atom. The summed E-state index contributed by atoms with van der Waals surface area (Å²) in [5, 5.41) is 4.64. The summed E-state index contributed by atoms with van der Waals surface area (Å²) in [6.07, 6.45) is 0. The number of furan rings is 1. The number of rotatable bonds is 8. The van der Waals surface area contributed by atoms with Crippen LogP contribution < -0.4 is 4.90 Å². The number of hydrogen-bond donors (Lipinski definition) is 0. The molecule has 0 fully saturated rings. The van der Waals surface area contributed by atoms with E-state index in [0.29, 0.717) is 0 Å². The number of para-hydroxylation sites is 3. The third-order valence-corrected chi connectivity index (χ3v) is 12.7. The Morgan fingerprint density at radius 3 is 1.47 bits per heavy atom. The largest absolute Gasteiger partial charge is 0.455 e. The molecule has 12 aromatic rings. The van der Waals surface area contributed by atoms with Gasteiger partial charge in [-0.25, -0.2) is 0 Å². The van der Waals surface area contributed by atoms with E-state index in [-0.39, 0.29) is 0 Å². The lowest BCUT2D eigenvalue weighted by Crippen LogP contribution is -2.13. The SMILES string of the molecule is Cc1cc(-c2ccccc2)ccc1N(c1ccc(-c2ccccc2)cc1-c1ccccc1)c1ccc(-c2ccc(-n3c4ccccc4c4ccccc43)cc2)c2oc3ccccc3c12. The first kappa shape index (κ1) is 37.4. The Labute approximate surface area is 372 Å². The zero-order valence-corrected chi connectivity index (χ0v) is 35.3. The molecule has 64 heavy (non-hydrogen) atoms. The second kappa shape index (κ2) is 15.5. The fourth-order valence-electron chi connectivity index (χ4n) is 9.71. The van der Waals surface area contributed by atoms with Crippen LogP contribution in [0.2, 0.25) is 0 Å². The molecule has 0 aliphatic heterocycles. The molecule has 3 nitrogen and oxygen atoms in total. The van der Waals surface area contributed by atoms with Crippen molar-refractivity contribution in [2.24, 2.45) is 0 Å². The predicted octanol–water partition coefficient (Wildman–Crippen LogP) is 17.1. The zero-order chi connectivity index (χ0) is 42.6. The molecule has 12 rings (SSSR count). The molecule has 0 radical (unpaired) electrons. The van der Waals surface area contributed by atoms with Crippen LogP contribution in [0.5, 0.6) is 0 Å². The van der Waals surface area contributed by atoms with E-state index >= 15 is 0 Å². The van der Waals surface area contributed by atoms with Crippen LogP contribution in [0.4, 0.5) is 17.1 Å². The van der Waals surface area contributed by atoms with Crippen LogP contribution in [0.3, 0.4) is 0 Å². The van der Waals surface area contributed by atoms with Gasteiger partial charge in [0.05, 0.1) is 27.8 Å². The maximum atomic E-state index is 6.99. The molecule has 2 aromatic heterocycles. The second-order valence-electron chi connectivity index (χ2n) is 16.5. The minimum absolute atomic E-state index is 0.854. The fraction of sp³-hybridized carbons (Fsp3) is 0.0164. The van der Waals surface area contributed by atoms with Crippen molar-refractivity contribution < 1.29 is 4.42 Å². The summed E-state index contributed by atoms with van der Waals surface area (Å²) in [7, 11) is 0. The molecule has 0 aliphatic rings. The number of nitrogens with zero attached hydrogens (tertiary/aromatic N) is 2. The minimum Gasteiger partial charge on any atom is -0.455 e. The highest BCUT2D eigenvalue weighted by Gasteiger charge is 2.26. The molecule has 0 unspecified atom stereocenters. The summed E-state index contributed by atoms with van der Waals surface area (Å²) in [4.78, 5) is 2.46. The molecular weight excluding hydrogens is 777 g/mol. The summed E-state index contributed by atoms with van der Waals surface area (Å²) >= 11 is 0. The van der Waals surface area contributed by atoms with Gasteiger partial charge in [-0.1, -0.05) is 170 Å². The summed E-state index contributed by atoms with van der Waals surface area (Å²) in [6.45, 7) is 2.23. The first-order chi connectivity index (χ1) is 31.7. The van der Waals surface area contributed by atoms with E-state index in [0.717, 1.165) is 78.1 Å². The molecule has 0 N–H and O–H groups in total. The van der Waals surface area contributed by atoms with Gasteiger partial charge in [-0.05, 0) is 113 Å². The highest BCUT2D eigenvalue weighted by Crippen LogP contribution is 2.50. The van der Waals surface area contributed by atoms with Crippen LogP contribution >= 0.6 is 0 Å². The number of benzene rings is 10. The first-order valence-electron chi connectivity index (χ1n) is 21.9. The number of fused-ring (bicyclic) bond motifs is 6. The maximum Gasteiger partial charge on any atom is 0.145 e. The standard InChI is InChI=1S/C61H42N2O/c1-41-39-46(42-17-5-2-6-18-42)31-36-54(41)63(57-37-32-47(43-19-7-3-8-20-43)40-53(57)44-21-9-4-10-22-44)58-38-35-49(61-60(58)52-25-13-16-28-59(52)64-61)45-29-33-48(34-30-45)62-55-26-14-11-23-50(55)51-24-12-15-27-56(51)62/h2-40H,1H3. The molecule has 0 saturated heterocycles. The lowest BCUT2D eigenvalue weighted by Gasteiger charge is -2.31. The number of anilines is 3. The van der Waals surface area contributed by atoms with Crippen LogP contribution in [0.15, 0.2) is 241 Å². The fourth-order valence-corrected chi connectivity index (χ4v) is 9.71. The molecule has 0 spiro atoms. The average Bonchev–Trinajstić information content (AvgIpc) is 3.92. The van der Waals surface area contributed by atoms with E-state index in [1.807, 2.05) is 0 Å². The van der Waals surface area contributed by atoms with Crippen LogP contribution in [0.25, 0.3) is 93.9 Å². The lowest BCUT2D eigenvalue weighted by molar-refractivity contribution is 0.670. The Hall–Kier alpha value is -8.40. The molecule has 302 valence electrons. The molecule has 0 saturated carbocycles. The monoisotopic (exact) mass is 818 g/mol. The van der Waals surface area contributed by atoms with Gasteiger partial charge in [0.25, 0.3) is 0 Å². The number of hydrogen-bond acceptors (Lipinski definition) is 2. The Bertz CT molecular complexity index is 3610. The average molecular weight is 819 g/mol. The van der Waals surface area contributed by atoms with Crippen molar-refractivity contribution in [3.05, 3.63) is 242 Å². The van der Waals surface area contributed by atoms with Gasteiger partial charge in [0.15, 0.2) is 0 Å². The van der Waals surface area contributed by atoms with Gasteiger partial charge in [0.1, 0.15) is 11.2 Å². The highest BCUT2D eigenvalue weighted by atomic mass is 16.3. The summed E-state index contributed by atoms with van der Waals surface area (Å²) < 4.78 is 9.35. The Morgan fingerprint density at radius 1 is 0.359 bits per heavy atom. The molecule has 0 bridgehead atoms. The lowest BCUT2D eigenvalue weighted by atomic mass is 9.94. The number of aromatic nitrogens is 1. The molecule has 3 heteroatoms. The van der Waals surface area contributed by atoms with Crippen molar-refractivity contribution in [2.45, 2.75) is 6.92 Å². The second-order valence-corrected chi connectivity index (χ2v) is 16.5. The van der Waals surface area contributed by atoms with Crippen molar-refractivity contribution in [3.63, 3.8) is 0 Å². The van der Waals surface area contributed by atoms with Gasteiger partial charge >= 0.3 is 0 Å². The van der Waals surface area contributed by atoms with Gasteiger partial charge in [0.2, 0.25) is 0 Å². The van der Waals surface area contributed by atoms with Gasteiger partial charge in [0, 0.05) is 38.7 Å². The van der Waals surface area contributed by atoms with Crippen molar-refractivity contribution in [1.82, 2.24) is 4.57 Å². The van der Waals surface area contributed by atoms with Crippen molar-refractivity contribution in [2.75, 3.05) is 4.90 Å². The smallest absolute Gasteiger partial charge is 0.145 e. The summed E-state index contributed by atoms with van der Waals surface area (Å²) in [6, 6.07) is 85.1. The van der Waals surface area contributed by atoms with Crippen molar-refractivity contribution in [3.8, 4) is 50.2 Å². The molecule has 0 atom stereocenters. The van der Waals surface area contributed by atoms with E-state index in [1.54, 1.807) is 0 Å². The quantitative estimate of drug-likeness (QED) is 0.152. The normalized spacial score (nSPS) is 11.5. The van der Waals surface area contributed by atoms with Gasteiger partial charge in [-0.3, -0.25) is 0 Å². The van der Waals surface area contributed by atoms with E-state index in [4.69, 9.17) is 4.42 Å². The predicted molar refractivity (Wildman–Crippen MR) is 269 cm³/mol. The summed E-state index contributed by atoms with van der Waals surface area (Å²) in [5.74, 6) is 0. The first-order valence-corrected chi connectivity index (χ1v) is 21.9. The minimum atomic E-state index is 0.854. The topological polar surface area (TPSA) is 21.3 Å². The molecule has 0 amide bonds.